The van der Waals surface area contributed by atoms with Crippen molar-refractivity contribution in [2.24, 2.45) is 0 Å². The van der Waals surface area contributed by atoms with Crippen LogP contribution in [0.3, 0.4) is 0 Å². The van der Waals surface area contributed by atoms with Crippen LogP contribution in [0.2, 0.25) is 0 Å². The lowest BCUT2D eigenvalue weighted by molar-refractivity contribution is 0.0719. The lowest BCUT2D eigenvalue weighted by Gasteiger charge is -2.38. The van der Waals surface area contributed by atoms with E-state index in [1.165, 1.54) is 20.8 Å². The lowest BCUT2D eigenvalue weighted by atomic mass is 10.0. The van der Waals surface area contributed by atoms with E-state index in [-0.39, 0.29) is 17.9 Å². The number of hydrogen-bond donors (Lipinski definition) is 1. The third-order valence-corrected chi connectivity index (χ3v) is 7.22. The maximum atomic E-state index is 13.9. The van der Waals surface area contributed by atoms with Crippen molar-refractivity contribution in [3.8, 4) is 5.69 Å². The normalized spacial score (nSPS) is 13.3. The van der Waals surface area contributed by atoms with Gasteiger partial charge in [0.05, 0.1) is 28.9 Å². The molecule has 1 unspecified atom stereocenters. The molecule has 2 aromatic carbocycles. The van der Waals surface area contributed by atoms with E-state index in [1.54, 1.807) is 58.0 Å². The minimum atomic E-state index is -3.40. The molecule has 0 saturated carbocycles. The summed E-state index contributed by atoms with van der Waals surface area (Å²) in [6.45, 7) is 9.01. The first-order valence-electron chi connectivity index (χ1n) is 11.2. The van der Waals surface area contributed by atoms with Crippen LogP contribution < -0.4 is 5.56 Å². The predicted molar refractivity (Wildman–Crippen MR) is 136 cm³/mol. The van der Waals surface area contributed by atoms with Crippen molar-refractivity contribution >= 4 is 27.0 Å². The van der Waals surface area contributed by atoms with Crippen LogP contribution in [0.15, 0.2) is 47.3 Å². The molecule has 1 N–H and O–H groups in total. The summed E-state index contributed by atoms with van der Waals surface area (Å²) in [7, 11) is -1.92. The number of carbonyl (C=O) groups is 1. The molecular formula is C25H32N4O5S. The summed E-state index contributed by atoms with van der Waals surface area (Å²) in [6.07, 6.45) is 0.00288. The van der Waals surface area contributed by atoms with Crippen LogP contribution in [0.25, 0.3) is 16.6 Å². The van der Waals surface area contributed by atoms with Crippen LogP contribution in [0.5, 0.6) is 0 Å². The van der Waals surface area contributed by atoms with Gasteiger partial charge in [-0.15, -0.1) is 0 Å². The van der Waals surface area contributed by atoms with Gasteiger partial charge in [0.25, 0.3) is 5.56 Å². The number of fused-ring (bicyclic) bond motifs is 1. The average Bonchev–Trinajstić information content (AvgIpc) is 2.71. The minimum Gasteiger partial charge on any atom is -0.465 e. The Bertz CT molecular complexity index is 1440. The summed E-state index contributed by atoms with van der Waals surface area (Å²) >= 11 is 0. The van der Waals surface area contributed by atoms with Gasteiger partial charge >= 0.3 is 6.09 Å². The van der Waals surface area contributed by atoms with E-state index in [2.05, 4.69) is 0 Å². The zero-order valence-corrected chi connectivity index (χ0v) is 21.9. The zero-order valence-electron chi connectivity index (χ0n) is 21.1. The third-order valence-electron chi connectivity index (χ3n) is 5.96. The fraction of sp³-hybridized carbons (Fsp3) is 0.400. The summed E-state index contributed by atoms with van der Waals surface area (Å²) in [4.78, 5) is 32.1. The number of carboxylic acid groups (broad SMARTS) is 1. The summed E-state index contributed by atoms with van der Waals surface area (Å²) in [5.41, 5.74) is 1.33. The quantitative estimate of drug-likeness (QED) is 0.549. The summed E-state index contributed by atoms with van der Waals surface area (Å²) < 4.78 is 26.5. The molecule has 3 aromatic rings. The smallest absolute Gasteiger partial charge is 0.408 e. The second-order valence-electron chi connectivity index (χ2n) is 9.77. The first-order chi connectivity index (χ1) is 16.1. The van der Waals surface area contributed by atoms with Crippen LogP contribution in [0, 0.1) is 6.92 Å². The first-order valence-corrected chi connectivity index (χ1v) is 13.0. The maximum Gasteiger partial charge on any atom is 0.408 e. The molecular weight excluding hydrogens is 468 g/mol. The van der Waals surface area contributed by atoms with E-state index >= 15 is 0 Å². The van der Waals surface area contributed by atoms with Gasteiger partial charge in [0.2, 0.25) is 10.0 Å². The summed E-state index contributed by atoms with van der Waals surface area (Å²) in [6, 6.07) is 11.6. The van der Waals surface area contributed by atoms with Gasteiger partial charge in [-0.2, -0.15) is 0 Å². The number of aromatic nitrogens is 2. The average molecular weight is 501 g/mol. The van der Waals surface area contributed by atoms with Crippen molar-refractivity contribution in [1.82, 2.24) is 18.8 Å². The van der Waals surface area contributed by atoms with Gasteiger partial charge in [-0.1, -0.05) is 24.3 Å². The van der Waals surface area contributed by atoms with Gasteiger partial charge in [-0.25, -0.2) is 22.5 Å². The molecule has 0 fully saturated rings. The van der Waals surface area contributed by atoms with E-state index < -0.39 is 27.7 Å². The second-order valence-corrected chi connectivity index (χ2v) is 11.9. The zero-order chi connectivity index (χ0) is 26.3. The van der Waals surface area contributed by atoms with Crippen LogP contribution in [0.1, 0.15) is 50.7 Å². The number of amides is 1. The Kier molecular flexibility index (Phi) is 7.10. The van der Waals surface area contributed by atoms with Gasteiger partial charge in [-0.3, -0.25) is 14.3 Å². The molecule has 0 aliphatic carbocycles. The van der Waals surface area contributed by atoms with Gasteiger partial charge in [0.1, 0.15) is 5.82 Å². The largest absolute Gasteiger partial charge is 0.465 e. The van der Waals surface area contributed by atoms with E-state index in [9.17, 15) is 23.1 Å². The third kappa shape index (κ3) is 5.38. The summed E-state index contributed by atoms with van der Waals surface area (Å²) in [5, 5.41) is 10.4. The molecule has 0 aliphatic rings. The predicted octanol–water partition coefficient (Wildman–Crippen LogP) is 3.93. The van der Waals surface area contributed by atoms with Gasteiger partial charge in [-0.05, 0) is 63.9 Å². The highest BCUT2D eigenvalue weighted by Crippen LogP contribution is 2.29. The minimum absolute atomic E-state index is 0.121. The molecule has 10 heteroatoms. The number of sulfonamides is 1. The first kappa shape index (κ1) is 26.4. The Morgan fingerprint density at radius 1 is 1.17 bits per heavy atom. The highest BCUT2D eigenvalue weighted by molar-refractivity contribution is 7.88. The van der Waals surface area contributed by atoms with Crippen molar-refractivity contribution in [3.05, 3.63) is 69.8 Å². The Morgan fingerprint density at radius 3 is 2.37 bits per heavy atom. The van der Waals surface area contributed by atoms with Gasteiger partial charge in [0.15, 0.2) is 0 Å². The van der Waals surface area contributed by atoms with Gasteiger partial charge in [0, 0.05) is 19.1 Å². The fourth-order valence-corrected chi connectivity index (χ4v) is 4.64. The molecule has 188 valence electrons. The van der Waals surface area contributed by atoms with E-state index in [0.29, 0.717) is 22.2 Å². The SMILES string of the molecule is Cc1cccc2nc(C(C)N(C(=O)O)C(C)(C)C)n(-c3cccc(CN(C)S(C)(=O)=O)c3)c(=O)c12. The van der Waals surface area contributed by atoms with E-state index in [4.69, 9.17) is 4.98 Å². The molecule has 0 saturated heterocycles. The maximum absolute atomic E-state index is 13.9. The highest BCUT2D eigenvalue weighted by atomic mass is 32.2. The van der Waals surface area contributed by atoms with Crippen LogP contribution >= 0.6 is 0 Å². The Morgan fingerprint density at radius 2 is 1.80 bits per heavy atom. The number of nitrogens with zero attached hydrogens (tertiary/aromatic N) is 4. The Hall–Kier alpha value is -3.24. The van der Waals surface area contributed by atoms with Crippen LogP contribution in [-0.2, 0) is 16.6 Å². The number of benzene rings is 2. The monoisotopic (exact) mass is 500 g/mol. The van der Waals surface area contributed by atoms with Crippen molar-refractivity contribution in [2.75, 3.05) is 13.3 Å². The van der Waals surface area contributed by atoms with Crippen molar-refractivity contribution in [2.45, 2.75) is 52.7 Å². The summed E-state index contributed by atoms with van der Waals surface area (Å²) in [5.74, 6) is 0.277. The van der Waals surface area contributed by atoms with Crippen molar-refractivity contribution in [3.63, 3.8) is 0 Å². The standard InChI is InChI=1S/C25H32N4O5S/c1-16-10-8-13-20-21(16)23(30)28(22(26-20)17(2)29(24(31)32)25(3,4)5)19-12-9-11-18(14-19)15-27(6)35(7,33)34/h8-14,17H,15H2,1-7H3,(H,31,32). The molecule has 1 atom stereocenters. The Labute approximate surface area is 205 Å². The molecule has 1 aromatic heterocycles. The Balaban J connectivity index is 2.32. The molecule has 0 bridgehead atoms. The van der Waals surface area contributed by atoms with Gasteiger partial charge < -0.3 is 5.11 Å². The number of hydrogen-bond acceptors (Lipinski definition) is 5. The molecule has 0 aliphatic heterocycles. The lowest BCUT2D eigenvalue weighted by Crippen LogP contribution is -2.47. The molecule has 9 nitrogen and oxygen atoms in total. The molecule has 1 heterocycles. The van der Waals surface area contributed by atoms with Crippen molar-refractivity contribution < 1.29 is 18.3 Å². The van der Waals surface area contributed by atoms with Crippen LogP contribution in [-0.4, -0.2) is 57.2 Å². The number of aryl methyl sites for hydroxylation is 1. The van der Waals surface area contributed by atoms with Crippen molar-refractivity contribution in [1.29, 1.82) is 0 Å². The molecule has 0 radical (unpaired) electrons. The molecule has 1 amide bonds. The van der Waals surface area contributed by atoms with Crippen LogP contribution in [0.4, 0.5) is 4.79 Å². The number of rotatable bonds is 6. The molecule has 0 spiro atoms. The van der Waals surface area contributed by atoms with E-state index in [1.807, 2.05) is 19.1 Å². The highest BCUT2D eigenvalue weighted by Gasteiger charge is 2.34. The topological polar surface area (TPSA) is 113 Å². The molecule has 3 rings (SSSR count). The fourth-order valence-electron chi connectivity index (χ4n) is 4.26. The second kappa shape index (κ2) is 9.43. The van der Waals surface area contributed by atoms with E-state index in [0.717, 1.165) is 11.8 Å². The molecule has 35 heavy (non-hydrogen) atoms.